The summed E-state index contributed by atoms with van der Waals surface area (Å²) in [5, 5.41) is 0. The number of rotatable bonds is 2. The second-order valence-electron chi connectivity index (χ2n) is 5.51. The first-order chi connectivity index (χ1) is 9.29. The van der Waals surface area contributed by atoms with Crippen LogP contribution in [0.5, 0.6) is 0 Å². The molecule has 0 atom stereocenters. The predicted octanol–water partition coefficient (Wildman–Crippen LogP) is 2.98. The molecule has 0 spiro atoms. The number of nitrogens with zero attached hydrogens (tertiary/aromatic N) is 2. The monoisotopic (exact) mass is 258 g/mol. The number of hydrogen-bond acceptors (Lipinski definition) is 2. The third-order valence-corrected chi connectivity index (χ3v) is 4.26. The molecule has 0 aromatic heterocycles. The maximum Gasteiger partial charge on any atom is 0.226 e. The van der Waals surface area contributed by atoms with Crippen molar-refractivity contribution in [1.82, 2.24) is 0 Å². The zero-order chi connectivity index (χ0) is 13.2. The van der Waals surface area contributed by atoms with Gasteiger partial charge in [-0.25, -0.2) is 0 Å². The minimum absolute atomic E-state index is 0.250. The van der Waals surface area contributed by atoms with Crippen molar-refractivity contribution in [1.29, 1.82) is 0 Å². The largest absolute Gasteiger partial charge is 0.371 e. The van der Waals surface area contributed by atoms with Gasteiger partial charge in [0.2, 0.25) is 5.91 Å². The summed E-state index contributed by atoms with van der Waals surface area (Å²) in [7, 11) is 0. The fourth-order valence-electron chi connectivity index (χ4n) is 3.18. The molecule has 102 valence electrons. The Morgan fingerprint density at radius 1 is 1.16 bits per heavy atom. The topological polar surface area (TPSA) is 23.6 Å². The Morgan fingerprint density at radius 3 is 2.68 bits per heavy atom. The summed E-state index contributed by atoms with van der Waals surface area (Å²) >= 11 is 0. The molecule has 0 radical (unpaired) electrons. The van der Waals surface area contributed by atoms with Crippen molar-refractivity contribution >= 4 is 17.3 Å². The highest BCUT2D eigenvalue weighted by Crippen LogP contribution is 2.32. The van der Waals surface area contributed by atoms with Crippen LogP contribution in [0.2, 0.25) is 0 Å². The van der Waals surface area contributed by atoms with E-state index in [1.807, 2.05) is 11.8 Å². The Labute approximate surface area is 115 Å². The number of benzene rings is 1. The molecule has 0 unspecified atom stereocenters. The minimum Gasteiger partial charge on any atom is -0.371 e. The number of aryl methyl sites for hydroxylation is 1. The number of amides is 1. The molecule has 2 aliphatic heterocycles. The maximum atomic E-state index is 12.1. The second-order valence-corrected chi connectivity index (χ2v) is 5.51. The first-order valence-corrected chi connectivity index (χ1v) is 7.48. The fourth-order valence-corrected chi connectivity index (χ4v) is 3.18. The van der Waals surface area contributed by atoms with Crippen LogP contribution in [-0.2, 0) is 11.2 Å². The van der Waals surface area contributed by atoms with Crippen molar-refractivity contribution in [3.05, 3.63) is 23.8 Å². The van der Waals surface area contributed by atoms with E-state index in [0.29, 0.717) is 6.42 Å². The van der Waals surface area contributed by atoms with E-state index in [1.165, 1.54) is 24.1 Å². The van der Waals surface area contributed by atoms with Gasteiger partial charge in [0, 0.05) is 37.4 Å². The Morgan fingerprint density at radius 2 is 1.95 bits per heavy atom. The molecular weight excluding hydrogens is 236 g/mol. The molecule has 0 saturated carbocycles. The molecule has 1 fully saturated rings. The average Bonchev–Trinajstić information content (AvgIpc) is 2.99. The molecule has 1 aromatic carbocycles. The third kappa shape index (κ3) is 2.34. The SMILES string of the molecule is CCC(=O)N1CCCc2ccc(N3CCCC3)cc21. The van der Waals surface area contributed by atoms with Gasteiger partial charge in [-0.2, -0.15) is 0 Å². The van der Waals surface area contributed by atoms with Gasteiger partial charge in [0.05, 0.1) is 0 Å². The highest BCUT2D eigenvalue weighted by molar-refractivity contribution is 5.95. The van der Waals surface area contributed by atoms with Gasteiger partial charge >= 0.3 is 0 Å². The van der Waals surface area contributed by atoms with E-state index in [0.717, 1.165) is 38.2 Å². The molecule has 3 rings (SSSR count). The lowest BCUT2D eigenvalue weighted by Gasteiger charge is -2.31. The number of carbonyl (C=O) groups excluding carboxylic acids is 1. The van der Waals surface area contributed by atoms with Gasteiger partial charge in [0.1, 0.15) is 0 Å². The normalized spacial score (nSPS) is 18.6. The highest BCUT2D eigenvalue weighted by Gasteiger charge is 2.23. The van der Waals surface area contributed by atoms with E-state index < -0.39 is 0 Å². The van der Waals surface area contributed by atoms with Crippen LogP contribution in [0, 0.1) is 0 Å². The Bertz CT molecular complexity index is 478. The van der Waals surface area contributed by atoms with Gasteiger partial charge in [-0.1, -0.05) is 13.0 Å². The smallest absolute Gasteiger partial charge is 0.226 e. The van der Waals surface area contributed by atoms with Gasteiger partial charge in [-0.05, 0) is 43.4 Å². The van der Waals surface area contributed by atoms with Crippen molar-refractivity contribution < 1.29 is 4.79 Å². The lowest BCUT2D eigenvalue weighted by molar-refractivity contribution is -0.118. The van der Waals surface area contributed by atoms with Gasteiger partial charge in [-0.3, -0.25) is 4.79 Å². The first kappa shape index (κ1) is 12.5. The zero-order valence-electron chi connectivity index (χ0n) is 11.7. The summed E-state index contributed by atoms with van der Waals surface area (Å²) in [6, 6.07) is 6.68. The van der Waals surface area contributed by atoms with E-state index in [9.17, 15) is 4.79 Å². The first-order valence-electron chi connectivity index (χ1n) is 7.48. The molecule has 1 saturated heterocycles. The Kier molecular flexibility index (Phi) is 3.45. The number of fused-ring (bicyclic) bond motifs is 1. The van der Waals surface area contributed by atoms with Crippen molar-refractivity contribution in [2.75, 3.05) is 29.4 Å². The van der Waals surface area contributed by atoms with E-state index in [-0.39, 0.29) is 5.91 Å². The van der Waals surface area contributed by atoms with Gasteiger partial charge in [0.15, 0.2) is 0 Å². The minimum atomic E-state index is 0.250. The van der Waals surface area contributed by atoms with Crippen molar-refractivity contribution in [2.24, 2.45) is 0 Å². The predicted molar refractivity (Wildman–Crippen MR) is 78.9 cm³/mol. The molecule has 3 nitrogen and oxygen atoms in total. The van der Waals surface area contributed by atoms with Crippen LogP contribution in [0.3, 0.4) is 0 Å². The molecule has 0 aliphatic carbocycles. The summed E-state index contributed by atoms with van der Waals surface area (Å²) in [6.45, 7) is 5.13. The van der Waals surface area contributed by atoms with Gasteiger partial charge in [0.25, 0.3) is 0 Å². The molecule has 0 bridgehead atoms. The summed E-state index contributed by atoms with van der Waals surface area (Å²) in [6.07, 6.45) is 5.35. The average molecular weight is 258 g/mol. The van der Waals surface area contributed by atoms with Crippen LogP contribution in [0.1, 0.15) is 38.2 Å². The summed E-state index contributed by atoms with van der Waals surface area (Å²) in [5.74, 6) is 0.250. The number of anilines is 2. The number of hydrogen-bond donors (Lipinski definition) is 0. The standard InChI is InChI=1S/C16H22N2O/c1-2-16(19)18-11-5-6-13-7-8-14(12-15(13)18)17-9-3-4-10-17/h7-8,12H,2-6,9-11H2,1H3. The van der Waals surface area contributed by atoms with Gasteiger partial charge in [-0.15, -0.1) is 0 Å². The number of carbonyl (C=O) groups is 1. The highest BCUT2D eigenvalue weighted by atomic mass is 16.2. The van der Waals surface area contributed by atoms with Crippen LogP contribution in [0.4, 0.5) is 11.4 Å². The zero-order valence-corrected chi connectivity index (χ0v) is 11.7. The van der Waals surface area contributed by atoms with Crippen LogP contribution in [0.15, 0.2) is 18.2 Å². The third-order valence-electron chi connectivity index (χ3n) is 4.26. The molecule has 19 heavy (non-hydrogen) atoms. The fraction of sp³-hybridized carbons (Fsp3) is 0.562. The maximum absolute atomic E-state index is 12.1. The molecule has 2 aliphatic rings. The van der Waals surface area contributed by atoms with E-state index in [2.05, 4.69) is 23.1 Å². The molecule has 1 amide bonds. The van der Waals surface area contributed by atoms with Gasteiger partial charge < -0.3 is 9.80 Å². The van der Waals surface area contributed by atoms with E-state index >= 15 is 0 Å². The van der Waals surface area contributed by atoms with Crippen LogP contribution in [0.25, 0.3) is 0 Å². The summed E-state index contributed by atoms with van der Waals surface area (Å²) < 4.78 is 0. The summed E-state index contributed by atoms with van der Waals surface area (Å²) in [4.78, 5) is 16.5. The van der Waals surface area contributed by atoms with Crippen molar-refractivity contribution in [3.8, 4) is 0 Å². The molecule has 3 heteroatoms. The summed E-state index contributed by atoms with van der Waals surface area (Å²) in [5.41, 5.74) is 3.77. The molecule has 1 aromatic rings. The molecule has 0 N–H and O–H groups in total. The Balaban J connectivity index is 1.94. The van der Waals surface area contributed by atoms with E-state index in [1.54, 1.807) is 0 Å². The van der Waals surface area contributed by atoms with Crippen molar-refractivity contribution in [3.63, 3.8) is 0 Å². The van der Waals surface area contributed by atoms with Crippen LogP contribution in [-0.4, -0.2) is 25.5 Å². The lowest BCUT2D eigenvalue weighted by atomic mass is 10.0. The Hall–Kier alpha value is -1.51. The molecular formula is C16H22N2O. The van der Waals surface area contributed by atoms with Crippen LogP contribution < -0.4 is 9.80 Å². The lowest BCUT2D eigenvalue weighted by Crippen LogP contribution is -2.35. The van der Waals surface area contributed by atoms with Crippen LogP contribution >= 0.6 is 0 Å². The second kappa shape index (κ2) is 5.24. The quantitative estimate of drug-likeness (QED) is 0.814. The molecule has 2 heterocycles. The van der Waals surface area contributed by atoms with E-state index in [4.69, 9.17) is 0 Å². The van der Waals surface area contributed by atoms with Crippen molar-refractivity contribution in [2.45, 2.75) is 39.0 Å².